The van der Waals surface area contributed by atoms with E-state index in [4.69, 9.17) is 28.4 Å². The Morgan fingerprint density at radius 1 is 1.15 bits per heavy atom. The van der Waals surface area contributed by atoms with E-state index in [9.17, 15) is 15.0 Å². The van der Waals surface area contributed by atoms with Crippen LogP contribution < -0.4 is 0 Å². The second kappa shape index (κ2) is 11.5. The molecule has 2 fully saturated rings. The van der Waals surface area contributed by atoms with Gasteiger partial charge >= 0.3 is 0 Å². The molecule has 2 heterocycles. The van der Waals surface area contributed by atoms with Crippen LogP contribution in [0.2, 0.25) is 0 Å². The summed E-state index contributed by atoms with van der Waals surface area (Å²) in [5.41, 5.74) is -0.856. The number of rotatable bonds is 10. The average molecular weight is 466 g/mol. The van der Waals surface area contributed by atoms with Crippen LogP contribution in [0, 0.1) is 0 Å². The SMILES string of the molecule is COC1C(OCC(C)O)C(OCC(C)O)COC1C1OCC1(C)O[C-]=O.[Y]. The van der Waals surface area contributed by atoms with E-state index in [0.29, 0.717) is 0 Å². The zero-order valence-corrected chi connectivity index (χ0v) is 19.0. The molecular formula is C17H29O9Y-. The van der Waals surface area contributed by atoms with Gasteiger partial charge in [-0.25, -0.2) is 0 Å². The van der Waals surface area contributed by atoms with Gasteiger partial charge in [0.2, 0.25) is 0 Å². The standard InChI is InChI=1S/C17H29O9.Y/c1-10(19)5-22-12-7-24-15(16-17(3,8-25-16)26-9-18)14(21-4)13(12)23-6-11(2)20;/h10-16,19-20H,5-8H2,1-4H3;/q-1;. The van der Waals surface area contributed by atoms with Crippen LogP contribution in [0.15, 0.2) is 0 Å². The molecule has 0 aromatic heterocycles. The third-order valence-electron chi connectivity index (χ3n) is 4.55. The zero-order chi connectivity index (χ0) is 19.3. The fourth-order valence-electron chi connectivity index (χ4n) is 3.22. The maximum atomic E-state index is 10.7. The minimum Gasteiger partial charge on any atom is -0.645 e. The first-order chi connectivity index (χ1) is 12.3. The molecule has 1 radical (unpaired) electrons. The molecule has 2 N–H and O–H groups in total. The van der Waals surface area contributed by atoms with Gasteiger partial charge in [-0.05, 0) is 20.8 Å². The number of aliphatic hydroxyl groups excluding tert-OH is 2. The van der Waals surface area contributed by atoms with E-state index >= 15 is 0 Å². The van der Waals surface area contributed by atoms with E-state index < -0.39 is 48.3 Å². The molecule has 155 valence electrons. The van der Waals surface area contributed by atoms with Crippen molar-refractivity contribution in [1.82, 2.24) is 0 Å². The topological polar surface area (TPSA) is 113 Å². The summed E-state index contributed by atoms with van der Waals surface area (Å²) in [6, 6.07) is 0. The molecular weight excluding hydrogens is 437 g/mol. The fraction of sp³-hybridized carbons (Fsp3) is 0.941. The van der Waals surface area contributed by atoms with Crippen LogP contribution in [0.4, 0.5) is 0 Å². The molecule has 0 aliphatic carbocycles. The zero-order valence-electron chi connectivity index (χ0n) is 16.2. The second-order valence-corrected chi connectivity index (χ2v) is 7.10. The van der Waals surface area contributed by atoms with Gasteiger partial charge in [0.25, 0.3) is 0 Å². The van der Waals surface area contributed by atoms with Crippen molar-refractivity contribution in [2.45, 2.75) is 69.1 Å². The van der Waals surface area contributed by atoms with E-state index in [0.717, 1.165) is 0 Å². The van der Waals surface area contributed by atoms with Crippen molar-refractivity contribution in [1.29, 1.82) is 0 Å². The largest absolute Gasteiger partial charge is 0.645 e. The molecule has 2 saturated heterocycles. The van der Waals surface area contributed by atoms with Crippen LogP contribution in [0.25, 0.3) is 0 Å². The van der Waals surface area contributed by atoms with Gasteiger partial charge in [-0.1, -0.05) is 6.47 Å². The molecule has 10 heteroatoms. The average Bonchev–Trinajstić information content (AvgIpc) is 2.57. The van der Waals surface area contributed by atoms with Crippen molar-refractivity contribution in [2.24, 2.45) is 0 Å². The summed E-state index contributed by atoms with van der Waals surface area (Å²) in [5, 5.41) is 19.0. The van der Waals surface area contributed by atoms with E-state index in [-0.39, 0.29) is 59.1 Å². The number of ether oxygens (including phenoxy) is 6. The molecule has 9 nitrogen and oxygen atoms in total. The third kappa shape index (κ3) is 6.39. The Balaban J connectivity index is 0.00000364. The minimum atomic E-state index is -0.856. The first-order valence-corrected chi connectivity index (χ1v) is 8.73. The summed E-state index contributed by atoms with van der Waals surface area (Å²) in [6.07, 6.45) is -4.02. The third-order valence-corrected chi connectivity index (χ3v) is 4.55. The fourth-order valence-corrected chi connectivity index (χ4v) is 3.22. The summed E-state index contributed by atoms with van der Waals surface area (Å²) in [4.78, 5) is 10.7. The smallest absolute Gasteiger partial charge is 0.125 e. The number of methoxy groups -OCH3 is 1. The molecule has 2 rings (SSSR count). The van der Waals surface area contributed by atoms with Crippen LogP contribution in [-0.2, 0) is 65.9 Å². The summed E-state index contributed by atoms with van der Waals surface area (Å²) >= 11 is 0. The van der Waals surface area contributed by atoms with Crippen LogP contribution in [0.3, 0.4) is 0 Å². The van der Waals surface area contributed by atoms with E-state index in [1.54, 1.807) is 20.8 Å². The normalized spacial score (nSPS) is 38.2. The maximum Gasteiger partial charge on any atom is 0.125 e. The van der Waals surface area contributed by atoms with Crippen molar-refractivity contribution in [3.05, 3.63) is 0 Å². The first-order valence-electron chi connectivity index (χ1n) is 8.73. The van der Waals surface area contributed by atoms with Crippen molar-refractivity contribution >= 4 is 6.47 Å². The van der Waals surface area contributed by atoms with Crippen molar-refractivity contribution in [2.75, 3.05) is 33.5 Å². The molecule has 2 aliphatic heterocycles. The van der Waals surface area contributed by atoms with E-state index in [2.05, 4.69) is 0 Å². The Labute approximate surface area is 184 Å². The van der Waals surface area contributed by atoms with Crippen molar-refractivity contribution in [3.63, 3.8) is 0 Å². The van der Waals surface area contributed by atoms with E-state index in [1.807, 2.05) is 0 Å². The quantitative estimate of drug-likeness (QED) is 0.399. The molecule has 0 amide bonds. The maximum absolute atomic E-state index is 10.7. The molecule has 0 saturated carbocycles. The first kappa shape index (κ1) is 25.3. The van der Waals surface area contributed by atoms with Crippen LogP contribution in [0.5, 0.6) is 0 Å². The number of aliphatic hydroxyl groups is 2. The van der Waals surface area contributed by atoms with Gasteiger partial charge in [0.05, 0.1) is 38.6 Å². The van der Waals surface area contributed by atoms with Gasteiger partial charge in [0.15, 0.2) is 0 Å². The summed E-state index contributed by atoms with van der Waals surface area (Å²) < 4.78 is 33.7. The molecule has 0 aromatic rings. The van der Waals surface area contributed by atoms with Gasteiger partial charge in [0, 0.05) is 39.8 Å². The van der Waals surface area contributed by atoms with Crippen molar-refractivity contribution < 1.29 is 76.1 Å². The van der Waals surface area contributed by atoms with Gasteiger partial charge in [-0.3, -0.25) is 0 Å². The van der Waals surface area contributed by atoms with Crippen LogP contribution in [-0.4, -0.2) is 98.6 Å². The Bertz CT molecular complexity index is 450. The number of carbonyl (C=O) groups excluding carboxylic acids is 1. The van der Waals surface area contributed by atoms with Gasteiger partial charge in [-0.2, -0.15) is 0 Å². The van der Waals surface area contributed by atoms with Crippen molar-refractivity contribution in [3.8, 4) is 0 Å². The molecule has 8 unspecified atom stereocenters. The summed E-state index contributed by atoms with van der Waals surface area (Å²) in [7, 11) is 1.51. The summed E-state index contributed by atoms with van der Waals surface area (Å²) in [6.45, 7) is 7.06. The number of hydrogen-bond donors (Lipinski definition) is 2. The van der Waals surface area contributed by atoms with Gasteiger partial charge < -0.3 is 43.4 Å². The molecule has 0 aromatic carbocycles. The van der Waals surface area contributed by atoms with Crippen LogP contribution in [0.1, 0.15) is 20.8 Å². The second-order valence-electron chi connectivity index (χ2n) is 7.10. The Morgan fingerprint density at radius 3 is 2.26 bits per heavy atom. The predicted molar refractivity (Wildman–Crippen MR) is 88.3 cm³/mol. The minimum absolute atomic E-state index is 0. The number of hydrogen-bond acceptors (Lipinski definition) is 9. The molecule has 8 atom stereocenters. The van der Waals surface area contributed by atoms with Gasteiger partial charge in [0.1, 0.15) is 36.1 Å². The molecule has 2 aliphatic rings. The Hall–Kier alpha value is 0.294. The van der Waals surface area contributed by atoms with E-state index in [1.165, 1.54) is 13.6 Å². The van der Waals surface area contributed by atoms with Gasteiger partial charge in [-0.15, -0.1) is 0 Å². The predicted octanol–water partition coefficient (Wildman–Crippen LogP) is -0.829. The Morgan fingerprint density at radius 2 is 1.78 bits per heavy atom. The molecule has 0 spiro atoms. The Kier molecular flexibility index (Phi) is 10.8. The monoisotopic (exact) mass is 466 g/mol. The van der Waals surface area contributed by atoms with Crippen LogP contribution >= 0.6 is 0 Å². The summed E-state index contributed by atoms with van der Waals surface area (Å²) in [5.74, 6) is 0. The molecule has 0 bridgehead atoms. The molecule has 27 heavy (non-hydrogen) atoms.